The van der Waals surface area contributed by atoms with E-state index < -0.39 is 0 Å². The average molecular weight is 616 g/mol. The molecular formula is C37H34FN5O3. The molecule has 1 unspecified atom stereocenters. The Kier molecular flexibility index (Phi) is 7.82. The maximum Gasteiger partial charge on any atom is 0.227 e. The predicted octanol–water partition coefficient (Wildman–Crippen LogP) is 6.88. The molecule has 1 aliphatic rings. The molecule has 9 heteroatoms. The zero-order valence-corrected chi connectivity index (χ0v) is 25.8. The van der Waals surface area contributed by atoms with Gasteiger partial charge in [0.1, 0.15) is 11.6 Å². The van der Waals surface area contributed by atoms with Gasteiger partial charge in [0.05, 0.1) is 30.1 Å². The van der Waals surface area contributed by atoms with Gasteiger partial charge in [-0.1, -0.05) is 47.6 Å². The fraction of sp³-hybridized carbons (Fsp3) is 0.243. The summed E-state index contributed by atoms with van der Waals surface area (Å²) in [4.78, 5) is 20.1. The molecule has 3 heterocycles. The largest absolute Gasteiger partial charge is 0.496 e. The molecule has 6 aromatic rings. The predicted molar refractivity (Wildman–Crippen MR) is 173 cm³/mol. The van der Waals surface area contributed by atoms with E-state index in [0.29, 0.717) is 37.0 Å². The van der Waals surface area contributed by atoms with E-state index >= 15 is 0 Å². The molecule has 1 atom stereocenters. The van der Waals surface area contributed by atoms with Crippen LogP contribution in [0.1, 0.15) is 35.4 Å². The summed E-state index contributed by atoms with van der Waals surface area (Å²) in [5.74, 6) is 1.31. The van der Waals surface area contributed by atoms with Gasteiger partial charge in [-0.15, -0.1) is 0 Å². The molecular weight excluding hydrogens is 581 g/mol. The van der Waals surface area contributed by atoms with Gasteiger partial charge in [0, 0.05) is 36.7 Å². The van der Waals surface area contributed by atoms with Crippen molar-refractivity contribution in [1.29, 1.82) is 0 Å². The molecule has 232 valence electrons. The van der Waals surface area contributed by atoms with Crippen LogP contribution in [0.2, 0.25) is 0 Å². The highest BCUT2D eigenvalue weighted by molar-refractivity contribution is 5.83. The van der Waals surface area contributed by atoms with E-state index in [0.717, 1.165) is 40.6 Å². The third-order valence-electron chi connectivity index (χ3n) is 9.02. The van der Waals surface area contributed by atoms with E-state index in [1.54, 1.807) is 19.2 Å². The van der Waals surface area contributed by atoms with Crippen LogP contribution in [-0.4, -0.2) is 50.9 Å². The summed E-state index contributed by atoms with van der Waals surface area (Å²) in [6.07, 6.45) is 4.14. The van der Waals surface area contributed by atoms with E-state index in [2.05, 4.69) is 58.6 Å². The molecule has 0 N–H and O–H groups in total. The quantitative estimate of drug-likeness (QED) is 0.176. The number of nitrogens with zero attached hydrogens (tertiary/aromatic N) is 5. The summed E-state index contributed by atoms with van der Waals surface area (Å²) in [5.41, 5.74) is 5.82. The van der Waals surface area contributed by atoms with Crippen molar-refractivity contribution in [2.45, 2.75) is 38.0 Å². The lowest BCUT2D eigenvalue weighted by Gasteiger charge is -2.32. The van der Waals surface area contributed by atoms with Crippen molar-refractivity contribution in [3.8, 4) is 22.8 Å². The lowest BCUT2D eigenvalue weighted by atomic mass is 9.73. The van der Waals surface area contributed by atoms with E-state index in [-0.39, 0.29) is 23.6 Å². The minimum Gasteiger partial charge on any atom is -0.496 e. The Bertz CT molecular complexity index is 2000. The van der Waals surface area contributed by atoms with E-state index in [1.807, 2.05) is 46.1 Å². The highest BCUT2D eigenvalue weighted by atomic mass is 19.1. The number of halogens is 1. The SMILES string of the molecule is COc1ccccc1-c1noc(CCC(=O)N2CCC(Cc3ccccc3)(c3cc4cnn(-c5ccc(F)cc5)c4cc3C)C2)n1. The molecule has 8 nitrogen and oxygen atoms in total. The van der Waals surface area contributed by atoms with Crippen LogP contribution in [0.4, 0.5) is 4.39 Å². The lowest BCUT2D eigenvalue weighted by molar-refractivity contribution is -0.130. The van der Waals surface area contributed by atoms with Gasteiger partial charge in [-0.2, -0.15) is 10.1 Å². The monoisotopic (exact) mass is 615 g/mol. The van der Waals surface area contributed by atoms with Gasteiger partial charge < -0.3 is 14.2 Å². The van der Waals surface area contributed by atoms with Crippen molar-refractivity contribution in [3.05, 3.63) is 126 Å². The van der Waals surface area contributed by atoms with Crippen molar-refractivity contribution in [1.82, 2.24) is 24.8 Å². The summed E-state index contributed by atoms with van der Waals surface area (Å²) in [6, 6.07) is 28.7. The van der Waals surface area contributed by atoms with E-state index in [1.165, 1.54) is 23.3 Å². The van der Waals surface area contributed by atoms with Gasteiger partial charge in [-0.25, -0.2) is 9.07 Å². The molecule has 46 heavy (non-hydrogen) atoms. The summed E-state index contributed by atoms with van der Waals surface area (Å²) in [6.45, 7) is 3.40. The number of hydrogen-bond donors (Lipinski definition) is 0. The van der Waals surface area contributed by atoms with Crippen molar-refractivity contribution in [2.75, 3.05) is 20.2 Å². The maximum absolute atomic E-state index is 13.6. The number of aromatic nitrogens is 4. The molecule has 0 aliphatic carbocycles. The fourth-order valence-corrected chi connectivity index (χ4v) is 6.74. The third-order valence-corrected chi connectivity index (χ3v) is 9.02. The smallest absolute Gasteiger partial charge is 0.227 e. The number of benzene rings is 4. The first-order valence-corrected chi connectivity index (χ1v) is 15.4. The van der Waals surface area contributed by atoms with Gasteiger partial charge in [-0.05, 0) is 85.0 Å². The first kappa shape index (κ1) is 29.4. The zero-order chi connectivity index (χ0) is 31.7. The number of methoxy groups -OCH3 is 1. The number of rotatable bonds is 9. The van der Waals surface area contributed by atoms with Crippen molar-refractivity contribution in [3.63, 3.8) is 0 Å². The van der Waals surface area contributed by atoms with Crippen LogP contribution in [0.15, 0.2) is 102 Å². The van der Waals surface area contributed by atoms with Crippen LogP contribution in [0, 0.1) is 12.7 Å². The molecule has 1 saturated heterocycles. The maximum atomic E-state index is 13.6. The van der Waals surface area contributed by atoms with Gasteiger partial charge in [0.2, 0.25) is 17.6 Å². The number of fused-ring (bicyclic) bond motifs is 1. The Morgan fingerprint density at radius 2 is 1.80 bits per heavy atom. The van der Waals surface area contributed by atoms with Crippen LogP contribution >= 0.6 is 0 Å². The molecule has 1 amide bonds. The third kappa shape index (κ3) is 5.64. The van der Waals surface area contributed by atoms with Crippen LogP contribution in [0.25, 0.3) is 28.0 Å². The number of hydrogen-bond acceptors (Lipinski definition) is 6. The second kappa shape index (κ2) is 12.2. The van der Waals surface area contributed by atoms with Gasteiger partial charge in [-0.3, -0.25) is 4.79 Å². The normalized spacial score (nSPS) is 16.3. The standard InChI is InChI=1S/C37H34FN5O3/c1-25-20-32-27(23-39-43(32)29-14-12-28(38)13-15-29)21-31(25)37(22-26-8-4-3-5-9-26)18-19-42(24-37)35(44)17-16-34-40-36(41-46-34)30-10-6-7-11-33(30)45-2/h3-15,20-21,23H,16-19,22,24H2,1-2H3. The molecule has 4 aromatic carbocycles. The van der Waals surface area contributed by atoms with Crippen LogP contribution in [0.5, 0.6) is 5.75 Å². The number of carbonyl (C=O) groups is 1. The van der Waals surface area contributed by atoms with Crippen molar-refractivity contribution < 1.29 is 18.4 Å². The second-order valence-electron chi connectivity index (χ2n) is 12.0. The number of carbonyl (C=O) groups excluding carboxylic acids is 1. The molecule has 0 radical (unpaired) electrons. The van der Waals surface area contributed by atoms with Crippen LogP contribution < -0.4 is 4.74 Å². The molecule has 0 saturated carbocycles. The van der Waals surface area contributed by atoms with Crippen molar-refractivity contribution >= 4 is 16.8 Å². The van der Waals surface area contributed by atoms with Gasteiger partial charge >= 0.3 is 0 Å². The topological polar surface area (TPSA) is 86.3 Å². The summed E-state index contributed by atoms with van der Waals surface area (Å²) in [7, 11) is 1.60. The summed E-state index contributed by atoms with van der Waals surface area (Å²) < 4.78 is 26.4. The molecule has 7 rings (SSSR count). The second-order valence-corrected chi connectivity index (χ2v) is 12.0. The lowest BCUT2D eigenvalue weighted by Crippen LogP contribution is -2.36. The number of aryl methyl sites for hydroxylation is 2. The Morgan fingerprint density at radius 3 is 2.61 bits per heavy atom. The number of likely N-dealkylation sites (tertiary alicyclic amines) is 1. The summed E-state index contributed by atoms with van der Waals surface area (Å²) in [5, 5.41) is 9.77. The minimum atomic E-state index is -0.281. The highest BCUT2D eigenvalue weighted by Gasteiger charge is 2.42. The Balaban J connectivity index is 1.13. The Labute approximate surface area is 266 Å². The molecule has 1 aliphatic heterocycles. The number of amides is 1. The van der Waals surface area contributed by atoms with E-state index in [4.69, 9.17) is 9.26 Å². The molecule has 1 fully saturated rings. The Morgan fingerprint density at radius 1 is 1.02 bits per heavy atom. The Hall–Kier alpha value is -5.31. The fourth-order valence-electron chi connectivity index (χ4n) is 6.74. The molecule has 0 bridgehead atoms. The number of ether oxygens (including phenoxy) is 1. The van der Waals surface area contributed by atoms with Crippen LogP contribution in [-0.2, 0) is 23.1 Å². The highest BCUT2D eigenvalue weighted by Crippen LogP contribution is 2.41. The summed E-state index contributed by atoms with van der Waals surface area (Å²) >= 11 is 0. The van der Waals surface area contributed by atoms with Crippen molar-refractivity contribution in [2.24, 2.45) is 0 Å². The first-order valence-electron chi connectivity index (χ1n) is 15.4. The molecule has 0 spiro atoms. The first-order chi connectivity index (χ1) is 22.4. The average Bonchev–Trinajstić information content (AvgIpc) is 3.83. The van der Waals surface area contributed by atoms with E-state index in [9.17, 15) is 9.18 Å². The minimum absolute atomic E-state index is 0.0647. The van der Waals surface area contributed by atoms with Crippen LogP contribution in [0.3, 0.4) is 0 Å². The molecule has 2 aromatic heterocycles. The van der Waals surface area contributed by atoms with Gasteiger partial charge in [0.15, 0.2) is 0 Å². The zero-order valence-electron chi connectivity index (χ0n) is 25.8. The van der Waals surface area contributed by atoms with Gasteiger partial charge in [0.25, 0.3) is 0 Å². The number of para-hydroxylation sites is 1.